The van der Waals surface area contributed by atoms with Gasteiger partial charge in [0.2, 0.25) is 0 Å². The molecule has 4 nitrogen and oxygen atoms in total. The number of benzene rings is 2. The maximum absolute atomic E-state index is 11.3. The summed E-state index contributed by atoms with van der Waals surface area (Å²) in [6.07, 6.45) is -0.760. The fourth-order valence-electron chi connectivity index (χ4n) is 2.26. The van der Waals surface area contributed by atoms with Crippen LogP contribution in [0.4, 0.5) is 0 Å². The summed E-state index contributed by atoms with van der Waals surface area (Å²) >= 11 is 0. The van der Waals surface area contributed by atoms with Crippen molar-refractivity contribution in [3.63, 3.8) is 0 Å². The summed E-state index contributed by atoms with van der Waals surface area (Å²) in [6, 6.07) is 12.6. The van der Waals surface area contributed by atoms with E-state index in [2.05, 4.69) is 0 Å². The zero-order chi connectivity index (χ0) is 15.4. The third-order valence-corrected chi connectivity index (χ3v) is 3.18. The van der Waals surface area contributed by atoms with Crippen LogP contribution in [0, 0.1) is 13.8 Å². The number of rotatable bonds is 5. The number of carbonyl (C=O) groups is 1. The molecule has 1 amide bonds. The van der Waals surface area contributed by atoms with Gasteiger partial charge < -0.3 is 15.6 Å². The maximum Gasteiger partial charge on any atom is 0.252 e. The van der Waals surface area contributed by atoms with Crippen molar-refractivity contribution in [2.45, 2.75) is 20.0 Å². The molecule has 0 aliphatic rings. The lowest BCUT2D eigenvalue weighted by Gasteiger charge is -2.15. The van der Waals surface area contributed by atoms with Crippen molar-refractivity contribution in [1.29, 1.82) is 0 Å². The third-order valence-electron chi connectivity index (χ3n) is 3.18. The Morgan fingerprint density at radius 1 is 1.19 bits per heavy atom. The van der Waals surface area contributed by atoms with E-state index in [-0.39, 0.29) is 6.61 Å². The van der Waals surface area contributed by atoms with Gasteiger partial charge in [0.1, 0.15) is 18.5 Å². The molecule has 0 aromatic heterocycles. The first-order chi connectivity index (χ1) is 9.97. The van der Waals surface area contributed by atoms with Gasteiger partial charge in [0, 0.05) is 0 Å². The zero-order valence-corrected chi connectivity index (χ0v) is 12.2. The second-order valence-electron chi connectivity index (χ2n) is 5.11. The highest BCUT2D eigenvalue weighted by Gasteiger charge is 2.13. The average Bonchev–Trinajstić information content (AvgIpc) is 2.43. The van der Waals surface area contributed by atoms with E-state index >= 15 is 0 Å². The smallest absolute Gasteiger partial charge is 0.252 e. The van der Waals surface area contributed by atoms with Gasteiger partial charge in [0.05, 0.1) is 5.56 Å². The van der Waals surface area contributed by atoms with E-state index in [9.17, 15) is 9.90 Å². The average molecular weight is 285 g/mol. The van der Waals surface area contributed by atoms with Crippen LogP contribution in [0.2, 0.25) is 0 Å². The van der Waals surface area contributed by atoms with Gasteiger partial charge in [-0.2, -0.15) is 0 Å². The van der Waals surface area contributed by atoms with Crippen LogP contribution in [0.25, 0.3) is 0 Å². The fourth-order valence-corrected chi connectivity index (χ4v) is 2.26. The summed E-state index contributed by atoms with van der Waals surface area (Å²) in [6.45, 7) is 4.02. The Hall–Kier alpha value is -2.33. The minimum Gasteiger partial charge on any atom is -0.490 e. The van der Waals surface area contributed by atoms with E-state index in [1.807, 2.05) is 32.0 Å². The number of para-hydroxylation sites is 1. The highest BCUT2D eigenvalue weighted by Crippen LogP contribution is 2.21. The molecule has 0 aliphatic carbocycles. The minimum atomic E-state index is -0.760. The number of hydrogen-bond donors (Lipinski definition) is 2. The van der Waals surface area contributed by atoms with Crippen LogP contribution in [0.5, 0.6) is 5.75 Å². The highest BCUT2D eigenvalue weighted by atomic mass is 16.5. The molecular formula is C17H19NO3. The maximum atomic E-state index is 11.3. The number of primary amides is 1. The highest BCUT2D eigenvalue weighted by molar-refractivity contribution is 5.95. The molecule has 1 unspecified atom stereocenters. The molecule has 21 heavy (non-hydrogen) atoms. The lowest BCUT2D eigenvalue weighted by molar-refractivity contribution is 0.0967. The SMILES string of the molecule is Cc1cc(C)cc(C(O)COc2ccccc2C(N)=O)c1. The Bertz CT molecular complexity index is 632. The quantitative estimate of drug-likeness (QED) is 0.886. The number of aryl methyl sites for hydroxylation is 2. The second kappa shape index (κ2) is 6.41. The summed E-state index contributed by atoms with van der Waals surface area (Å²) < 4.78 is 5.54. The molecule has 0 aliphatic heterocycles. The number of nitrogens with two attached hydrogens (primary N) is 1. The summed E-state index contributed by atoms with van der Waals surface area (Å²) in [5.41, 5.74) is 8.57. The number of aliphatic hydroxyl groups is 1. The molecule has 0 saturated carbocycles. The van der Waals surface area contributed by atoms with Crippen LogP contribution in [-0.2, 0) is 0 Å². The van der Waals surface area contributed by atoms with Crippen molar-refractivity contribution in [3.8, 4) is 5.75 Å². The van der Waals surface area contributed by atoms with Crippen LogP contribution < -0.4 is 10.5 Å². The number of amides is 1. The van der Waals surface area contributed by atoms with Gasteiger partial charge in [-0.1, -0.05) is 41.5 Å². The van der Waals surface area contributed by atoms with Crippen molar-refractivity contribution >= 4 is 5.91 Å². The van der Waals surface area contributed by atoms with Crippen LogP contribution in [0.3, 0.4) is 0 Å². The topological polar surface area (TPSA) is 72.6 Å². The van der Waals surface area contributed by atoms with E-state index in [4.69, 9.17) is 10.5 Å². The summed E-state index contributed by atoms with van der Waals surface area (Å²) in [5, 5.41) is 10.2. The van der Waals surface area contributed by atoms with Crippen molar-refractivity contribution in [3.05, 3.63) is 64.7 Å². The van der Waals surface area contributed by atoms with Gasteiger partial charge >= 0.3 is 0 Å². The largest absolute Gasteiger partial charge is 0.490 e. The minimum absolute atomic E-state index is 0.0627. The molecule has 2 aromatic rings. The molecule has 0 radical (unpaired) electrons. The first-order valence-electron chi connectivity index (χ1n) is 6.75. The lowest BCUT2D eigenvalue weighted by Crippen LogP contribution is -2.15. The molecule has 0 heterocycles. The van der Waals surface area contributed by atoms with Crippen LogP contribution in [0.1, 0.15) is 33.2 Å². The molecular weight excluding hydrogens is 266 g/mol. The molecule has 2 aromatic carbocycles. The summed E-state index contributed by atoms with van der Waals surface area (Å²) in [7, 11) is 0. The number of ether oxygens (including phenoxy) is 1. The van der Waals surface area contributed by atoms with Gasteiger partial charge in [-0.3, -0.25) is 4.79 Å². The molecule has 110 valence electrons. The summed E-state index contributed by atoms with van der Waals surface area (Å²) in [5.74, 6) is -0.167. The molecule has 3 N–H and O–H groups in total. The van der Waals surface area contributed by atoms with Gasteiger partial charge in [0.25, 0.3) is 5.91 Å². The van der Waals surface area contributed by atoms with Gasteiger partial charge in [-0.15, -0.1) is 0 Å². The standard InChI is InChI=1S/C17H19NO3/c1-11-7-12(2)9-13(8-11)15(19)10-21-16-6-4-3-5-14(16)17(18)20/h3-9,15,19H,10H2,1-2H3,(H2,18,20). The predicted octanol–water partition coefficient (Wildman–Crippen LogP) is 2.51. The molecule has 0 saturated heterocycles. The first-order valence-corrected chi connectivity index (χ1v) is 6.75. The lowest BCUT2D eigenvalue weighted by atomic mass is 10.0. The molecule has 1 atom stereocenters. The van der Waals surface area contributed by atoms with Crippen LogP contribution in [-0.4, -0.2) is 17.6 Å². The second-order valence-corrected chi connectivity index (χ2v) is 5.11. The normalized spacial score (nSPS) is 12.0. The Balaban J connectivity index is 2.11. The fraction of sp³-hybridized carbons (Fsp3) is 0.235. The van der Waals surface area contributed by atoms with Crippen molar-refractivity contribution in [2.75, 3.05) is 6.61 Å². The molecule has 0 bridgehead atoms. The van der Waals surface area contributed by atoms with Crippen LogP contribution in [0.15, 0.2) is 42.5 Å². The van der Waals surface area contributed by atoms with Crippen molar-refractivity contribution in [2.24, 2.45) is 5.73 Å². The van der Waals surface area contributed by atoms with E-state index in [0.29, 0.717) is 11.3 Å². The molecule has 0 spiro atoms. The summed E-state index contributed by atoms with van der Waals surface area (Å²) in [4.78, 5) is 11.3. The molecule has 4 heteroatoms. The molecule has 2 rings (SSSR count). The first kappa shape index (κ1) is 15.1. The van der Waals surface area contributed by atoms with Gasteiger partial charge in [-0.25, -0.2) is 0 Å². The zero-order valence-electron chi connectivity index (χ0n) is 12.2. The number of hydrogen-bond acceptors (Lipinski definition) is 3. The number of aliphatic hydroxyl groups excluding tert-OH is 1. The predicted molar refractivity (Wildman–Crippen MR) is 81.3 cm³/mol. The number of carbonyl (C=O) groups excluding carboxylic acids is 1. The monoisotopic (exact) mass is 285 g/mol. The molecule has 0 fully saturated rings. The van der Waals surface area contributed by atoms with Crippen LogP contribution >= 0.6 is 0 Å². The van der Waals surface area contributed by atoms with Gasteiger partial charge in [-0.05, 0) is 31.5 Å². The Kier molecular flexibility index (Phi) is 4.60. The van der Waals surface area contributed by atoms with Gasteiger partial charge in [0.15, 0.2) is 0 Å². The Morgan fingerprint density at radius 3 is 2.43 bits per heavy atom. The van der Waals surface area contributed by atoms with E-state index in [1.165, 1.54) is 0 Å². The van der Waals surface area contributed by atoms with E-state index in [0.717, 1.165) is 16.7 Å². The van der Waals surface area contributed by atoms with Crippen molar-refractivity contribution < 1.29 is 14.6 Å². The Morgan fingerprint density at radius 2 is 1.81 bits per heavy atom. The van der Waals surface area contributed by atoms with E-state index in [1.54, 1.807) is 24.3 Å². The third kappa shape index (κ3) is 3.83. The van der Waals surface area contributed by atoms with Crippen molar-refractivity contribution in [1.82, 2.24) is 0 Å². The van der Waals surface area contributed by atoms with E-state index < -0.39 is 12.0 Å². The Labute approximate surface area is 124 Å².